The number of rotatable bonds is 8. The zero-order chi connectivity index (χ0) is 25.9. The fourth-order valence-electron chi connectivity index (χ4n) is 3.90. The van der Waals surface area contributed by atoms with Crippen molar-refractivity contribution in [3.63, 3.8) is 0 Å². The number of methoxy groups -OCH3 is 3. The molecule has 0 aliphatic heterocycles. The van der Waals surface area contributed by atoms with Crippen molar-refractivity contribution in [3.8, 4) is 34.3 Å². The molecule has 37 heavy (non-hydrogen) atoms. The van der Waals surface area contributed by atoms with Gasteiger partial charge in [0.1, 0.15) is 0 Å². The summed E-state index contributed by atoms with van der Waals surface area (Å²) in [5, 5.41) is 5.20. The number of fused-ring (bicyclic) bond motifs is 1. The summed E-state index contributed by atoms with van der Waals surface area (Å²) >= 11 is 1.34. The summed E-state index contributed by atoms with van der Waals surface area (Å²) in [6.45, 7) is 2.00. The Kier molecular flexibility index (Phi) is 6.82. The Hall–Kier alpha value is -4.31. The van der Waals surface area contributed by atoms with Crippen LogP contribution in [-0.4, -0.2) is 41.0 Å². The quantitative estimate of drug-likeness (QED) is 0.207. The first-order chi connectivity index (χ1) is 18.0. The molecule has 0 aliphatic carbocycles. The van der Waals surface area contributed by atoms with E-state index in [1.807, 2.05) is 49.4 Å². The van der Waals surface area contributed by atoms with Gasteiger partial charge in [-0.25, -0.2) is 4.98 Å². The van der Waals surface area contributed by atoms with Crippen LogP contribution in [-0.2, 0) is 5.75 Å². The number of hydrogen-bond acceptors (Lipinski definition) is 9. The molecule has 0 bridgehead atoms. The van der Waals surface area contributed by atoms with Gasteiger partial charge in [0.25, 0.3) is 5.56 Å². The lowest BCUT2D eigenvalue weighted by atomic mass is 10.1. The Balaban J connectivity index is 1.48. The molecule has 10 heteroatoms. The molecule has 0 radical (unpaired) electrons. The van der Waals surface area contributed by atoms with E-state index >= 15 is 0 Å². The SMILES string of the molecule is COc1cc(-c2noc(CSc3nc4ccccc4c(=O)n3-c3ccc(C)cc3)n2)cc(OC)c1OC. The second-order valence-electron chi connectivity index (χ2n) is 8.10. The van der Waals surface area contributed by atoms with Gasteiger partial charge >= 0.3 is 0 Å². The molecule has 3 aromatic carbocycles. The van der Waals surface area contributed by atoms with Gasteiger partial charge in [0.15, 0.2) is 16.7 Å². The minimum atomic E-state index is -0.138. The lowest BCUT2D eigenvalue weighted by Gasteiger charge is -2.13. The molecule has 0 saturated heterocycles. The number of hydrogen-bond donors (Lipinski definition) is 0. The van der Waals surface area contributed by atoms with E-state index in [4.69, 9.17) is 23.7 Å². The Morgan fingerprint density at radius 1 is 0.919 bits per heavy atom. The number of aryl methyl sites for hydroxylation is 1. The van der Waals surface area contributed by atoms with Crippen LogP contribution in [0.3, 0.4) is 0 Å². The molecule has 2 heterocycles. The zero-order valence-electron chi connectivity index (χ0n) is 20.7. The highest BCUT2D eigenvalue weighted by Crippen LogP contribution is 2.40. The van der Waals surface area contributed by atoms with E-state index in [1.165, 1.54) is 11.8 Å². The molecule has 0 saturated carbocycles. The highest BCUT2D eigenvalue weighted by molar-refractivity contribution is 7.98. The third-order valence-electron chi connectivity index (χ3n) is 5.75. The molecule has 188 valence electrons. The van der Waals surface area contributed by atoms with E-state index in [9.17, 15) is 4.79 Å². The first-order valence-corrected chi connectivity index (χ1v) is 12.4. The van der Waals surface area contributed by atoms with Crippen LogP contribution < -0.4 is 19.8 Å². The summed E-state index contributed by atoms with van der Waals surface area (Å²) < 4.78 is 23.4. The molecule has 2 aromatic heterocycles. The predicted octanol–water partition coefficient (Wildman–Crippen LogP) is 5.06. The second-order valence-corrected chi connectivity index (χ2v) is 9.04. The van der Waals surface area contributed by atoms with Crippen molar-refractivity contribution in [2.24, 2.45) is 0 Å². The van der Waals surface area contributed by atoms with E-state index in [0.29, 0.717) is 56.3 Å². The Morgan fingerprint density at radius 3 is 2.30 bits per heavy atom. The highest BCUT2D eigenvalue weighted by Gasteiger charge is 2.19. The molecule has 0 aliphatic rings. The molecule has 9 nitrogen and oxygen atoms in total. The van der Waals surface area contributed by atoms with E-state index in [-0.39, 0.29) is 5.56 Å². The fourth-order valence-corrected chi connectivity index (χ4v) is 4.75. The molecular formula is C27H24N4O5S. The summed E-state index contributed by atoms with van der Waals surface area (Å²) in [5.74, 6) is 2.52. The minimum Gasteiger partial charge on any atom is -0.493 e. The van der Waals surface area contributed by atoms with Crippen molar-refractivity contribution < 1.29 is 18.7 Å². The van der Waals surface area contributed by atoms with Crippen LogP contribution in [0.5, 0.6) is 17.2 Å². The van der Waals surface area contributed by atoms with Crippen LogP contribution in [0.25, 0.3) is 28.0 Å². The maximum absolute atomic E-state index is 13.4. The van der Waals surface area contributed by atoms with Crippen LogP contribution in [0.2, 0.25) is 0 Å². The van der Waals surface area contributed by atoms with Gasteiger partial charge in [0.05, 0.1) is 43.7 Å². The fraction of sp³-hybridized carbons (Fsp3) is 0.185. The monoisotopic (exact) mass is 516 g/mol. The third kappa shape index (κ3) is 4.75. The predicted molar refractivity (Wildman–Crippen MR) is 141 cm³/mol. The number of benzene rings is 3. The highest BCUT2D eigenvalue weighted by atomic mass is 32.2. The summed E-state index contributed by atoms with van der Waals surface area (Å²) in [6, 6.07) is 18.6. The lowest BCUT2D eigenvalue weighted by Crippen LogP contribution is -2.21. The maximum Gasteiger partial charge on any atom is 0.266 e. The van der Waals surface area contributed by atoms with Gasteiger partial charge in [-0.2, -0.15) is 4.98 Å². The van der Waals surface area contributed by atoms with Gasteiger partial charge in [-0.15, -0.1) is 0 Å². The number of thioether (sulfide) groups is 1. The van der Waals surface area contributed by atoms with Gasteiger partial charge in [0, 0.05) is 5.56 Å². The van der Waals surface area contributed by atoms with Crippen molar-refractivity contribution in [2.75, 3.05) is 21.3 Å². The van der Waals surface area contributed by atoms with Crippen LogP contribution >= 0.6 is 11.8 Å². The van der Waals surface area contributed by atoms with Gasteiger partial charge in [0.2, 0.25) is 17.5 Å². The average molecular weight is 517 g/mol. The molecule has 0 fully saturated rings. The van der Waals surface area contributed by atoms with E-state index in [2.05, 4.69) is 10.1 Å². The van der Waals surface area contributed by atoms with Crippen LogP contribution in [0.4, 0.5) is 0 Å². The molecule has 0 atom stereocenters. The molecule has 0 N–H and O–H groups in total. The minimum absolute atomic E-state index is 0.138. The van der Waals surface area contributed by atoms with Gasteiger partial charge in [-0.05, 0) is 43.3 Å². The summed E-state index contributed by atoms with van der Waals surface area (Å²) in [4.78, 5) is 22.7. The normalized spacial score (nSPS) is 11.0. The van der Waals surface area contributed by atoms with Gasteiger partial charge in [-0.1, -0.05) is 46.7 Å². The van der Waals surface area contributed by atoms with Crippen LogP contribution in [0, 0.1) is 6.92 Å². The first-order valence-electron chi connectivity index (χ1n) is 11.4. The van der Waals surface area contributed by atoms with E-state index < -0.39 is 0 Å². The zero-order valence-corrected chi connectivity index (χ0v) is 21.5. The Bertz CT molecular complexity index is 1600. The van der Waals surface area contributed by atoms with Crippen molar-refractivity contribution in [2.45, 2.75) is 17.8 Å². The number of ether oxygens (including phenoxy) is 3. The van der Waals surface area contributed by atoms with Crippen molar-refractivity contribution >= 4 is 22.7 Å². The van der Waals surface area contributed by atoms with E-state index in [1.54, 1.807) is 44.1 Å². The van der Waals surface area contributed by atoms with Crippen LogP contribution in [0.1, 0.15) is 11.5 Å². The van der Waals surface area contributed by atoms with Crippen molar-refractivity contribution in [1.82, 2.24) is 19.7 Å². The third-order valence-corrected chi connectivity index (χ3v) is 6.68. The summed E-state index contributed by atoms with van der Waals surface area (Å²) in [6.07, 6.45) is 0. The second kappa shape index (κ2) is 10.4. The average Bonchev–Trinajstić information content (AvgIpc) is 3.41. The molecule has 0 amide bonds. The summed E-state index contributed by atoms with van der Waals surface area (Å²) in [7, 11) is 4.63. The standard InChI is InChI=1S/C27H24N4O5S/c1-16-9-11-18(12-10-16)31-26(32)19-7-5-6-8-20(19)28-27(31)37-15-23-29-25(30-36-23)17-13-21(33-2)24(35-4)22(14-17)34-3/h5-14H,15H2,1-4H3. The number of para-hydroxylation sites is 1. The van der Waals surface area contributed by atoms with E-state index in [0.717, 1.165) is 11.3 Å². The molecule has 5 rings (SSSR count). The van der Waals surface area contributed by atoms with Gasteiger partial charge in [-0.3, -0.25) is 9.36 Å². The molecule has 5 aromatic rings. The number of aromatic nitrogens is 4. The summed E-state index contributed by atoms with van der Waals surface area (Å²) in [5.41, 5.74) is 2.97. The molecule has 0 unspecified atom stereocenters. The molecule has 0 spiro atoms. The Morgan fingerprint density at radius 2 is 1.62 bits per heavy atom. The largest absolute Gasteiger partial charge is 0.493 e. The maximum atomic E-state index is 13.4. The number of nitrogens with zero attached hydrogens (tertiary/aromatic N) is 4. The molecular weight excluding hydrogens is 492 g/mol. The first kappa shape index (κ1) is 24.4. The lowest BCUT2D eigenvalue weighted by molar-refractivity contribution is 0.324. The topological polar surface area (TPSA) is 102 Å². The van der Waals surface area contributed by atoms with Crippen LogP contribution in [0.15, 0.2) is 75.1 Å². The Labute approximate surface area is 217 Å². The van der Waals surface area contributed by atoms with Crippen molar-refractivity contribution in [1.29, 1.82) is 0 Å². The smallest absolute Gasteiger partial charge is 0.266 e. The van der Waals surface area contributed by atoms with Gasteiger partial charge < -0.3 is 18.7 Å². The van der Waals surface area contributed by atoms with Crippen molar-refractivity contribution in [3.05, 3.63) is 82.5 Å².